The standard InChI is InChI=1S/C26H33NO3/c1-18(2)27(19(3)4)25(22-9-7-6-8-10-22)14-13-24-16-21(17-28)11-12-23(24)15-20(5)26(29)30/h6-12,16-19,25H,5,13-15H2,1-4H3,(H,29,30). The molecule has 0 aliphatic carbocycles. The van der Waals surface area contributed by atoms with Gasteiger partial charge in [0.1, 0.15) is 6.29 Å². The lowest BCUT2D eigenvalue weighted by Gasteiger charge is -2.39. The van der Waals surface area contributed by atoms with Crippen molar-refractivity contribution in [1.82, 2.24) is 4.90 Å². The second-order valence-electron chi connectivity index (χ2n) is 8.33. The molecule has 0 amide bonds. The van der Waals surface area contributed by atoms with Crippen LogP contribution in [0.2, 0.25) is 0 Å². The lowest BCUT2D eigenvalue weighted by atomic mass is 9.91. The van der Waals surface area contributed by atoms with Gasteiger partial charge < -0.3 is 5.11 Å². The summed E-state index contributed by atoms with van der Waals surface area (Å²) in [7, 11) is 0. The Bertz CT molecular complexity index is 863. The van der Waals surface area contributed by atoms with Crippen LogP contribution in [0.25, 0.3) is 0 Å². The minimum absolute atomic E-state index is 0.153. The van der Waals surface area contributed by atoms with Gasteiger partial charge in [-0.1, -0.05) is 49.0 Å². The summed E-state index contributed by atoms with van der Waals surface area (Å²) in [6.07, 6.45) is 2.73. The molecule has 0 saturated carbocycles. The van der Waals surface area contributed by atoms with Gasteiger partial charge in [0.05, 0.1) is 0 Å². The summed E-state index contributed by atoms with van der Waals surface area (Å²) in [6.45, 7) is 12.5. The number of aryl methyl sites for hydroxylation is 1. The minimum Gasteiger partial charge on any atom is -0.478 e. The average Bonchev–Trinajstić information content (AvgIpc) is 2.71. The molecule has 0 aliphatic heterocycles. The highest BCUT2D eigenvalue weighted by Gasteiger charge is 2.25. The lowest BCUT2D eigenvalue weighted by molar-refractivity contribution is -0.132. The van der Waals surface area contributed by atoms with E-state index in [1.165, 1.54) is 5.56 Å². The topological polar surface area (TPSA) is 57.6 Å². The maximum Gasteiger partial charge on any atom is 0.331 e. The Kier molecular flexibility index (Phi) is 8.55. The van der Waals surface area contributed by atoms with E-state index in [4.69, 9.17) is 0 Å². The highest BCUT2D eigenvalue weighted by Crippen LogP contribution is 2.31. The van der Waals surface area contributed by atoms with Crippen molar-refractivity contribution < 1.29 is 14.7 Å². The first-order chi connectivity index (χ1) is 14.2. The third-order valence-corrected chi connectivity index (χ3v) is 5.50. The summed E-state index contributed by atoms with van der Waals surface area (Å²) in [6, 6.07) is 16.9. The normalized spacial score (nSPS) is 12.4. The van der Waals surface area contributed by atoms with Gasteiger partial charge in [0.15, 0.2) is 0 Å². The average molecular weight is 408 g/mol. The Balaban J connectivity index is 2.37. The van der Waals surface area contributed by atoms with Gasteiger partial charge in [-0.25, -0.2) is 4.79 Å². The highest BCUT2D eigenvalue weighted by atomic mass is 16.4. The van der Waals surface area contributed by atoms with Crippen molar-refractivity contribution in [2.75, 3.05) is 0 Å². The van der Waals surface area contributed by atoms with E-state index >= 15 is 0 Å². The van der Waals surface area contributed by atoms with Crippen molar-refractivity contribution >= 4 is 12.3 Å². The molecule has 2 aromatic carbocycles. The zero-order chi connectivity index (χ0) is 22.3. The van der Waals surface area contributed by atoms with E-state index in [1.807, 2.05) is 18.2 Å². The van der Waals surface area contributed by atoms with Crippen LogP contribution in [0.4, 0.5) is 0 Å². The van der Waals surface area contributed by atoms with E-state index in [9.17, 15) is 14.7 Å². The van der Waals surface area contributed by atoms with Gasteiger partial charge in [0.2, 0.25) is 0 Å². The molecule has 2 aromatic rings. The van der Waals surface area contributed by atoms with Crippen LogP contribution >= 0.6 is 0 Å². The SMILES string of the molecule is C=C(Cc1ccc(C=O)cc1CCC(c1ccccc1)N(C(C)C)C(C)C)C(=O)O. The van der Waals surface area contributed by atoms with Crippen molar-refractivity contribution in [3.05, 3.63) is 82.9 Å². The molecule has 0 fully saturated rings. The number of nitrogens with zero attached hydrogens (tertiary/aromatic N) is 1. The molecule has 4 nitrogen and oxygen atoms in total. The van der Waals surface area contributed by atoms with E-state index in [2.05, 4.69) is 63.4 Å². The number of carboxylic acid groups (broad SMARTS) is 1. The fourth-order valence-electron chi connectivity index (χ4n) is 4.20. The van der Waals surface area contributed by atoms with Crippen LogP contribution in [0.1, 0.15) is 67.2 Å². The van der Waals surface area contributed by atoms with Crippen molar-refractivity contribution in [1.29, 1.82) is 0 Å². The second-order valence-corrected chi connectivity index (χ2v) is 8.33. The Hall–Kier alpha value is -2.72. The fraction of sp³-hybridized carbons (Fsp3) is 0.385. The molecular formula is C26H33NO3. The van der Waals surface area contributed by atoms with E-state index in [1.54, 1.807) is 6.07 Å². The Morgan fingerprint density at radius 1 is 1.03 bits per heavy atom. The van der Waals surface area contributed by atoms with Gasteiger partial charge in [-0.3, -0.25) is 9.69 Å². The number of aldehydes is 1. The Morgan fingerprint density at radius 3 is 2.20 bits per heavy atom. The van der Waals surface area contributed by atoms with Crippen LogP contribution in [0.5, 0.6) is 0 Å². The van der Waals surface area contributed by atoms with Gasteiger partial charge in [0, 0.05) is 35.7 Å². The van der Waals surface area contributed by atoms with Crippen molar-refractivity contribution in [2.45, 2.75) is 65.1 Å². The predicted molar refractivity (Wildman–Crippen MR) is 122 cm³/mol. The molecule has 160 valence electrons. The number of carbonyl (C=O) groups is 2. The van der Waals surface area contributed by atoms with Gasteiger partial charge in [0.25, 0.3) is 0 Å². The maximum absolute atomic E-state index is 11.3. The molecule has 2 rings (SSSR count). The third-order valence-electron chi connectivity index (χ3n) is 5.50. The number of carboxylic acids is 1. The van der Waals surface area contributed by atoms with Gasteiger partial charge in [-0.15, -0.1) is 0 Å². The summed E-state index contributed by atoms with van der Waals surface area (Å²) in [5, 5.41) is 9.23. The predicted octanol–water partition coefficient (Wildman–Crippen LogP) is 5.48. The van der Waals surface area contributed by atoms with E-state index < -0.39 is 5.97 Å². The van der Waals surface area contributed by atoms with Crippen LogP contribution in [-0.2, 0) is 17.6 Å². The van der Waals surface area contributed by atoms with Gasteiger partial charge in [-0.2, -0.15) is 0 Å². The molecule has 30 heavy (non-hydrogen) atoms. The summed E-state index contributed by atoms with van der Waals surface area (Å²) in [4.78, 5) is 25.1. The molecule has 4 heteroatoms. The monoisotopic (exact) mass is 407 g/mol. The van der Waals surface area contributed by atoms with Crippen LogP contribution in [0.15, 0.2) is 60.7 Å². The van der Waals surface area contributed by atoms with Gasteiger partial charge in [-0.05, 0) is 63.3 Å². The molecule has 0 bridgehead atoms. The quantitative estimate of drug-likeness (QED) is 0.396. The number of aliphatic carboxylic acids is 1. The van der Waals surface area contributed by atoms with E-state index in [0.717, 1.165) is 30.3 Å². The molecule has 0 aliphatic rings. The molecule has 0 saturated heterocycles. The first kappa shape index (κ1) is 23.6. The maximum atomic E-state index is 11.3. The van der Waals surface area contributed by atoms with Crippen LogP contribution in [0.3, 0.4) is 0 Å². The summed E-state index contributed by atoms with van der Waals surface area (Å²) < 4.78 is 0. The minimum atomic E-state index is -0.992. The number of carbonyl (C=O) groups excluding carboxylic acids is 1. The molecule has 1 N–H and O–H groups in total. The molecule has 1 unspecified atom stereocenters. The van der Waals surface area contributed by atoms with Crippen LogP contribution < -0.4 is 0 Å². The van der Waals surface area contributed by atoms with Crippen molar-refractivity contribution in [3.8, 4) is 0 Å². The second kappa shape index (κ2) is 10.9. The van der Waals surface area contributed by atoms with Crippen molar-refractivity contribution in [3.63, 3.8) is 0 Å². The smallest absolute Gasteiger partial charge is 0.331 e. The van der Waals surface area contributed by atoms with Crippen molar-refractivity contribution in [2.24, 2.45) is 0 Å². The molecular weight excluding hydrogens is 374 g/mol. The summed E-state index contributed by atoms with van der Waals surface area (Å²) >= 11 is 0. The first-order valence-electron chi connectivity index (χ1n) is 10.5. The molecule has 1 atom stereocenters. The molecule has 0 spiro atoms. The largest absolute Gasteiger partial charge is 0.478 e. The number of rotatable bonds is 11. The van der Waals surface area contributed by atoms with Crippen LogP contribution in [0, 0.1) is 0 Å². The number of hydrogen-bond acceptors (Lipinski definition) is 3. The summed E-state index contributed by atoms with van der Waals surface area (Å²) in [5.74, 6) is -0.992. The number of hydrogen-bond donors (Lipinski definition) is 1. The van der Waals surface area contributed by atoms with E-state index in [-0.39, 0.29) is 18.0 Å². The lowest BCUT2D eigenvalue weighted by Crippen LogP contribution is -2.40. The molecule has 0 heterocycles. The Morgan fingerprint density at radius 2 is 1.67 bits per heavy atom. The molecule has 0 aromatic heterocycles. The Labute approximate surface area is 180 Å². The first-order valence-corrected chi connectivity index (χ1v) is 10.5. The van der Waals surface area contributed by atoms with Crippen LogP contribution in [-0.4, -0.2) is 34.3 Å². The van der Waals surface area contributed by atoms with E-state index in [0.29, 0.717) is 17.6 Å². The number of benzene rings is 2. The zero-order valence-electron chi connectivity index (χ0n) is 18.5. The summed E-state index contributed by atoms with van der Waals surface area (Å²) in [5.41, 5.74) is 3.95. The molecule has 0 radical (unpaired) electrons. The van der Waals surface area contributed by atoms with Gasteiger partial charge >= 0.3 is 5.97 Å². The highest BCUT2D eigenvalue weighted by molar-refractivity contribution is 5.86. The fourth-order valence-corrected chi connectivity index (χ4v) is 4.20. The third kappa shape index (κ3) is 6.14. The zero-order valence-corrected chi connectivity index (χ0v) is 18.5.